The molecule has 0 bridgehead atoms. The summed E-state index contributed by atoms with van der Waals surface area (Å²) in [6.07, 6.45) is 15.4. The second-order valence-corrected chi connectivity index (χ2v) is 9.19. The first-order valence-electron chi connectivity index (χ1n) is 10.7. The van der Waals surface area contributed by atoms with Gasteiger partial charge in [0.15, 0.2) is 0 Å². The number of unbranched alkanes of at least 4 members (excludes halogenated alkanes) is 10. The van der Waals surface area contributed by atoms with Gasteiger partial charge in [-0.2, -0.15) is 8.42 Å². The van der Waals surface area contributed by atoms with E-state index in [-0.39, 0.29) is 5.91 Å². The first-order chi connectivity index (χ1) is 12.8. The molecule has 160 valence electrons. The molecule has 0 radical (unpaired) electrons. The summed E-state index contributed by atoms with van der Waals surface area (Å²) in [5, 5.41) is 2.84. The standard InChI is InChI=1S/C21H41NO4S/c1-4-7-9-11-13-15-17-21(19-27(24,25)26,22-20(23)6-3)18-16-14-12-10-8-5-2/h6H,3-5,7-19H2,1-2H3,(H,22,23)(H,24,25,26). The number of nitrogens with one attached hydrogen (secondary N) is 1. The van der Waals surface area contributed by atoms with Gasteiger partial charge in [-0.15, -0.1) is 0 Å². The van der Waals surface area contributed by atoms with Crippen molar-refractivity contribution in [2.24, 2.45) is 0 Å². The minimum absolute atomic E-state index is 0.379. The Bertz CT molecular complexity index is 486. The van der Waals surface area contributed by atoms with Crippen LogP contribution >= 0.6 is 0 Å². The van der Waals surface area contributed by atoms with Crippen LogP contribution in [0.25, 0.3) is 0 Å². The number of carbonyl (C=O) groups is 1. The Morgan fingerprint density at radius 3 is 1.67 bits per heavy atom. The molecule has 0 rings (SSSR count). The summed E-state index contributed by atoms with van der Waals surface area (Å²) in [6.45, 7) is 7.82. The van der Waals surface area contributed by atoms with Gasteiger partial charge in [0.05, 0.1) is 11.3 Å². The zero-order valence-corrected chi connectivity index (χ0v) is 18.3. The van der Waals surface area contributed by atoms with E-state index in [4.69, 9.17) is 0 Å². The normalized spacial score (nSPS) is 12.1. The maximum absolute atomic E-state index is 12.0. The molecule has 5 nitrogen and oxygen atoms in total. The van der Waals surface area contributed by atoms with Gasteiger partial charge in [0.1, 0.15) is 0 Å². The van der Waals surface area contributed by atoms with Crippen molar-refractivity contribution >= 4 is 16.0 Å². The molecule has 0 saturated carbocycles. The number of hydrogen-bond donors (Lipinski definition) is 2. The number of rotatable bonds is 18. The molecule has 0 spiro atoms. The zero-order chi connectivity index (χ0) is 20.6. The largest absolute Gasteiger partial charge is 0.346 e. The van der Waals surface area contributed by atoms with Gasteiger partial charge in [0.25, 0.3) is 10.1 Å². The summed E-state index contributed by atoms with van der Waals surface area (Å²) in [7, 11) is -4.19. The van der Waals surface area contributed by atoms with Crippen LogP contribution in [0.1, 0.15) is 104 Å². The molecule has 27 heavy (non-hydrogen) atoms. The first-order valence-corrected chi connectivity index (χ1v) is 12.3. The summed E-state index contributed by atoms with van der Waals surface area (Å²) < 4.78 is 32.8. The maximum Gasteiger partial charge on any atom is 0.267 e. The Morgan fingerprint density at radius 1 is 0.889 bits per heavy atom. The highest BCUT2D eigenvalue weighted by atomic mass is 32.2. The molecule has 0 saturated heterocycles. The van der Waals surface area contributed by atoms with Gasteiger partial charge >= 0.3 is 0 Å². The highest BCUT2D eigenvalue weighted by Gasteiger charge is 2.35. The molecule has 0 unspecified atom stereocenters. The van der Waals surface area contributed by atoms with Gasteiger partial charge < -0.3 is 5.32 Å². The average molecular weight is 404 g/mol. The fraction of sp³-hybridized carbons (Fsp3) is 0.857. The van der Waals surface area contributed by atoms with Gasteiger partial charge in [-0.1, -0.05) is 97.5 Å². The van der Waals surface area contributed by atoms with Crippen LogP contribution in [0.3, 0.4) is 0 Å². The van der Waals surface area contributed by atoms with Crippen LogP contribution in [-0.2, 0) is 14.9 Å². The third-order valence-corrected chi connectivity index (χ3v) is 5.97. The summed E-state index contributed by atoms with van der Waals surface area (Å²) in [6, 6.07) is 0. The molecular weight excluding hydrogens is 362 g/mol. The van der Waals surface area contributed by atoms with Crippen molar-refractivity contribution in [3.05, 3.63) is 12.7 Å². The lowest BCUT2D eigenvalue weighted by atomic mass is 9.87. The van der Waals surface area contributed by atoms with Gasteiger partial charge in [0, 0.05) is 0 Å². The molecule has 0 heterocycles. The molecular formula is C21H41NO4S. The maximum atomic E-state index is 12.0. The van der Waals surface area contributed by atoms with Gasteiger partial charge in [-0.25, -0.2) is 0 Å². The van der Waals surface area contributed by atoms with E-state index in [0.29, 0.717) is 12.8 Å². The van der Waals surface area contributed by atoms with Crippen molar-refractivity contribution in [2.75, 3.05) is 5.75 Å². The molecule has 1 amide bonds. The Labute approximate surface area is 167 Å². The van der Waals surface area contributed by atoms with Crippen molar-refractivity contribution in [2.45, 2.75) is 109 Å². The SMILES string of the molecule is C=CC(=O)NC(CCCCCCCC)(CCCCCCCC)CS(=O)(=O)O. The molecule has 6 heteroatoms. The predicted molar refractivity (Wildman–Crippen MR) is 113 cm³/mol. The fourth-order valence-electron chi connectivity index (χ4n) is 3.58. The van der Waals surface area contributed by atoms with Crippen molar-refractivity contribution < 1.29 is 17.8 Å². The monoisotopic (exact) mass is 403 g/mol. The second kappa shape index (κ2) is 15.1. The molecule has 2 N–H and O–H groups in total. The zero-order valence-electron chi connectivity index (χ0n) is 17.5. The molecule has 0 aliphatic rings. The number of carbonyl (C=O) groups excluding carboxylic acids is 1. The van der Waals surface area contributed by atoms with E-state index >= 15 is 0 Å². The Kier molecular flexibility index (Phi) is 14.6. The molecule has 0 aromatic carbocycles. The van der Waals surface area contributed by atoms with Crippen LogP contribution in [0.5, 0.6) is 0 Å². The molecule has 0 aliphatic heterocycles. The van der Waals surface area contributed by atoms with Crippen LogP contribution in [0, 0.1) is 0 Å². The average Bonchev–Trinajstić information content (AvgIpc) is 2.59. The summed E-state index contributed by atoms with van der Waals surface area (Å²) >= 11 is 0. The Balaban J connectivity index is 4.89. The quantitative estimate of drug-likeness (QED) is 0.182. The van der Waals surface area contributed by atoms with Gasteiger partial charge in [-0.3, -0.25) is 9.35 Å². The summed E-state index contributed by atoms with van der Waals surface area (Å²) in [5.74, 6) is -0.806. The van der Waals surface area contributed by atoms with Gasteiger partial charge in [0.2, 0.25) is 5.91 Å². The minimum Gasteiger partial charge on any atom is -0.346 e. The van der Waals surface area contributed by atoms with E-state index in [9.17, 15) is 17.8 Å². The molecule has 0 aliphatic carbocycles. The van der Waals surface area contributed by atoms with E-state index in [1.54, 1.807) is 0 Å². The number of hydrogen-bond acceptors (Lipinski definition) is 3. The summed E-state index contributed by atoms with van der Waals surface area (Å²) in [4.78, 5) is 12.0. The Hall–Kier alpha value is -0.880. The van der Waals surface area contributed by atoms with E-state index in [1.807, 2.05) is 0 Å². The highest BCUT2D eigenvalue weighted by molar-refractivity contribution is 7.85. The molecule has 0 fully saturated rings. The van der Waals surface area contributed by atoms with Crippen molar-refractivity contribution in [1.29, 1.82) is 0 Å². The van der Waals surface area contributed by atoms with Crippen molar-refractivity contribution in [3.8, 4) is 0 Å². The predicted octanol–water partition coefficient (Wildman–Crippen LogP) is 5.42. The van der Waals surface area contributed by atoms with E-state index in [1.165, 1.54) is 44.6 Å². The minimum atomic E-state index is -4.19. The van der Waals surface area contributed by atoms with E-state index in [2.05, 4.69) is 25.7 Å². The van der Waals surface area contributed by atoms with Crippen LogP contribution in [0.15, 0.2) is 12.7 Å². The van der Waals surface area contributed by atoms with Crippen LogP contribution in [-0.4, -0.2) is 30.2 Å². The van der Waals surface area contributed by atoms with Gasteiger partial charge in [-0.05, 0) is 18.9 Å². The number of amides is 1. The highest BCUT2D eigenvalue weighted by Crippen LogP contribution is 2.25. The molecule has 0 aromatic rings. The Morgan fingerprint density at radius 2 is 1.30 bits per heavy atom. The second-order valence-electron chi connectivity index (χ2n) is 7.74. The van der Waals surface area contributed by atoms with Crippen LogP contribution in [0.2, 0.25) is 0 Å². The van der Waals surface area contributed by atoms with E-state index in [0.717, 1.165) is 38.5 Å². The van der Waals surface area contributed by atoms with Crippen LogP contribution < -0.4 is 5.32 Å². The lowest BCUT2D eigenvalue weighted by Crippen LogP contribution is -2.52. The van der Waals surface area contributed by atoms with Crippen molar-refractivity contribution in [3.63, 3.8) is 0 Å². The third-order valence-electron chi connectivity index (χ3n) is 5.05. The van der Waals surface area contributed by atoms with Crippen LogP contribution in [0.4, 0.5) is 0 Å². The smallest absolute Gasteiger partial charge is 0.267 e. The van der Waals surface area contributed by atoms with Crippen molar-refractivity contribution in [1.82, 2.24) is 5.32 Å². The lowest BCUT2D eigenvalue weighted by Gasteiger charge is -2.34. The first kappa shape index (κ1) is 26.1. The lowest BCUT2D eigenvalue weighted by molar-refractivity contribution is -0.118. The molecule has 0 aromatic heterocycles. The third kappa shape index (κ3) is 14.8. The fourth-order valence-corrected chi connectivity index (χ4v) is 4.64. The summed E-state index contributed by atoms with van der Waals surface area (Å²) in [5.41, 5.74) is -0.908. The van der Waals surface area contributed by atoms with E-state index < -0.39 is 21.4 Å². The topological polar surface area (TPSA) is 83.5 Å². The molecule has 0 atom stereocenters.